The van der Waals surface area contributed by atoms with Gasteiger partial charge in [-0.15, -0.1) is 0 Å². The van der Waals surface area contributed by atoms with Crippen LogP contribution in [0.5, 0.6) is 5.75 Å². The summed E-state index contributed by atoms with van der Waals surface area (Å²) in [6.45, 7) is 1.94. The van der Waals surface area contributed by atoms with E-state index >= 15 is 0 Å². The topological polar surface area (TPSA) is 98.5 Å². The Bertz CT molecular complexity index is 834. The quantitative estimate of drug-likeness (QED) is 0.645. The number of aryl methyl sites for hydroxylation is 1. The van der Waals surface area contributed by atoms with Crippen molar-refractivity contribution in [1.29, 1.82) is 0 Å². The van der Waals surface area contributed by atoms with Gasteiger partial charge in [-0.25, -0.2) is 13.1 Å². The molecule has 2 rings (SSSR count). The van der Waals surface area contributed by atoms with Gasteiger partial charge in [-0.05, 0) is 24.6 Å². The molecule has 0 bridgehead atoms. The summed E-state index contributed by atoms with van der Waals surface area (Å²) in [5.74, 6) is 0.217. The van der Waals surface area contributed by atoms with Crippen LogP contribution < -0.4 is 9.46 Å². The van der Waals surface area contributed by atoms with Gasteiger partial charge in [-0.3, -0.25) is 10.1 Å². The van der Waals surface area contributed by atoms with E-state index in [0.717, 1.165) is 23.3 Å². The van der Waals surface area contributed by atoms with Gasteiger partial charge in [0.25, 0.3) is 5.69 Å². The normalized spacial score (nSPS) is 11.2. The molecule has 2 aromatic rings. The first kappa shape index (κ1) is 16.9. The zero-order valence-electron chi connectivity index (χ0n) is 12.6. The van der Waals surface area contributed by atoms with E-state index in [1.807, 2.05) is 25.1 Å². The molecule has 0 aliphatic heterocycles. The minimum Gasteiger partial charge on any atom is -0.497 e. The Balaban J connectivity index is 2.30. The second-order valence-electron chi connectivity index (χ2n) is 4.90. The maximum absolute atomic E-state index is 12.4. The molecule has 0 aliphatic rings. The molecule has 0 amide bonds. The first-order chi connectivity index (χ1) is 10.8. The summed E-state index contributed by atoms with van der Waals surface area (Å²) in [5.41, 5.74) is 1.24. The Morgan fingerprint density at radius 1 is 1.22 bits per heavy atom. The van der Waals surface area contributed by atoms with E-state index in [1.165, 1.54) is 13.2 Å². The van der Waals surface area contributed by atoms with Crippen LogP contribution in [0.25, 0.3) is 0 Å². The largest absolute Gasteiger partial charge is 0.497 e. The van der Waals surface area contributed by atoms with E-state index in [-0.39, 0.29) is 12.3 Å². The van der Waals surface area contributed by atoms with Crippen LogP contribution in [0.2, 0.25) is 0 Å². The van der Waals surface area contributed by atoms with Crippen molar-refractivity contribution in [3.8, 4) is 5.75 Å². The first-order valence-corrected chi connectivity index (χ1v) is 8.19. The number of ether oxygens (including phenoxy) is 1. The SMILES string of the molecule is COc1ccc(S(=O)(=O)NCc2cccc(C)c2)c([N+](=O)[O-])c1. The molecule has 0 unspecified atom stereocenters. The van der Waals surface area contributed by atoms with Crippen molar-refractivity contribution < 1.29 is 18.1 Å². The van der Waals surface area contributed by atoms with E-state index in [0.29, 0.717) is 0 Å². The molecule has 8 heteroatoms. The zero-order chi connectivity index (χ0) is 17.0. The zero-order valence-corrected chi connectivity index (χ0v) is 13.5. The first-order valence-electron chi connectivity index (χ1n) is 6.71. The molecule has 0 heterocycles. The summed E-state index contributed by atoms with van der Waals surface area (Å²) in [4.78, 5) is 9.97. The monoisotopic (exact) mass is 336 g/mol. The molecule has 23 heavy (non-hydrogen) atoms. The van der Waals surface area contributed by atoms with Gasteiger partial charge < -0.3 is 4.74 Å². The maximum atomic E-state index is 12.4. The van der Waals surface area contributed by atoms with Crippen molar-refractivity contribution in [1.82, 2.24) is 4.72 Å². The van der Waals surface area contributed by atoms with Crippen LogP contribution in [0.3, 0.4) is 0 Å². The predicted molar refractivity (Wildman–Crippen MR) is 84.9 cm³/mol. The Morgan fingerprint density at radius 2 is 1.96 bits per heavy atom. The molecule has 2 aromatic carbocycles. The number of nitro benzene ring substituents is 1. The molecule has 0 atom stereocenters. The molecular weight excluding hydrogens is 320 g/mol. The third-order valence-electron chi connectivity index (χ3n) is 3.20. The van der Waals surface area contributed by atoms with E-state index < -0.39 is 25.5 Å². The second kappa shape index (κ2) is 6.76. The van der Waals surface area contributed by atoms with Crippen molar-refractivity contribution in [2.45, 2.75) is 18.4 Å². The van der Waals surface area contributed by atoms with Crippen LogP contribution in [0.15, 0.2) is 47.4 Å². The lowest BCUT2D eigenvalue weighted by Gasteiger charge is -2.09. The summed E-state index contributed by atoms with van der Waals surface area (Å²) in [6, 6.07) is 10.9. The van der Waals surface area contributed by atoms with Crippen LogP contribution in [0, 0.1) is 17.0 Å². The summed E-state index contributed by atoms with van der Waals surface area (Å²) < 4.78 is 32.0. The van der Waals surface area contributed by atoms with Crippen LogP contribution in [0.1, 0.15) is 11.1 Å². The Kier molecular flexibility index (Phi) is 4.97. The van der Waals surface area contributed by atoms with Gasteiger partial charge >= 0.3 is 0 Å². The summed E-state index contributed by atoms with van der Waals surface area (Å²) in [7, 11) is -2.67. The average molecular weight is 336 g/mol. The maximum Gasteiger partial charge on any atom is 0.293 e. The van der Waals surface area contributed by atoms with Crippen molar-refractivity contribution in [3.05, 3.63) is 63.7 Å². The van der Waals surface area contributed by atoms with Gasteiger partial charge in [-0.1, -0.05) is 29.8 Å². The highest BCUT2D eigenvalue weighted by atomic mass is 32.2. The molecule has 122 valence electrons. The number of benzene rings is 2. The predicted octanol–water partition coefficient (Wildman–Crippen LogP) is 2.39. The standard InChI is InChI=1S/C15H16N2O5S/c1-11-4-3-5-12(8-11)10-16-23(20,21)15-7-6-13(22-2)9-14(15)17(18)19/h3-9,16H,10H2,1-2H3. The lowest BCUT2D eigenvalue weighted by atomic mass is 10.1. The summed E-state index contributed by atoms with van der Waals surface area (Å²) in [6.07, 6.45) is 0. The molecule has 0 aliphatic carbocycles. The third kappa shape index (κ3) is 4.05. The molecule has 0 spiro atoms. The molecule has 0 fully saturated rings. The average Bonchev–Trinajstić information content (AvgIpc) is 2.52. The van der Waals surface area contributed by atoms with E-state index in [4.69, 9.17) is 4.74 Å². The smallest absolute Gasteiger partial charge is 0.293 e. The fourth-order valence-corrected chi connectivity index (χ4v) is 3.24. The minimum atomic E-state index is -4.02. The molecule has 0 saturated heterocycles. The van der Waals surface area contributed by atoms with Gasteiger partial charge in [0.05, 0.1) is 18.1 Å². The number of nitrogens with zero attached hydrogens (tertiary/aromatic N) is 1. The molecule has 0 radical (unpaired) electrons. The molecular formula is C15H16N2O5S. The second-order valence-corrected chi connectivity index (χ2v) is 6.64. The lowest BCUT2D eigenvalue weighted by molar-refractivity contribution is -0.387. The van der Waals surface area contributed by atoms with E-state index in [1.54, 1.807) is 6.07 Å². The van der Waals surface area contributed by atoms with Crippen LogP contribution in [-0.2, 0) is 16.6 Å². The Morgan fingerprint density at radius 3 is 2.57 bits per heavy atom. The fourth-order valence-electron chi connectivity index (χ4n) is 2.07. The Hall–Kier alpha value is -2.45. The Labute approximate surface area is 134 Å². The molecule has 0 aromatic heterocycles. The van der Waals surface area contributed by atoms with Crippen LogP contribution in [-0.4, -0.2) is 20.5 Å². The fraction of sp³-hybridized carbons (Fsp3) is 0.200. The van der Waals surface area contributed by atoms with Gasteiger partial charge in [0.2, 0.25) is 10.0 Å². The number of sulfonamides is 1. The number of methoxy groups -OCH3 is 1. The van der Waals surface area contributed by atoms with Gasteiger partial charge in [-0.2, -0.15) is 0 Å². The summed E-state index contributed by atoms with van der Waals surface area (Å²) in [5, 5.41) is 11.1. The van der Waals surface area contributed by atoms with E-state index in [9.17, 15) is 18.5 Å². The summed E-state index contributed by atoms with van der Waals surface area (Å²) >= 11 is 0. The number of hydrogen-bond donors (Lipinski definition) is 1. The highest BCUT2D eigenvalue weighted by Gasteiger charge is 2.26. The molecule has 1 N–H and O–H groups in total. The number of hydrogen-bond acceptors (Lipinski definition) is 5. The highest BCUT2D eigenvalue weighted by molar-refractivity contribution is 7.89. The van der Waals surface area contributed by atoms with Crippen molar-refractivity contribution >= 4 is 15.7 Å². The van der Waals surface area contributed by atoms with Crippen molar-refractivity contribution in [3.63, 3.8) is 0 Å². The minimum absolute atomic E-state index is 0.0488. The molecule has 7 nitrogen and oxygen atoms in total. The lowest BCUT2D eigenvalue weighted by Crippen LogP contribution is -2.24. The van der Waals surface area contributed by atoms with Gasteiger partial charge in [0.15, 0.2) is 4.90 Å². The number of rotatable bonds is 6. The number of nitrogens with one attached hydrogen (secondary N) is 1. The van der Waals surface area contributed by atoms with E-state index in [2.05, 4.69) is 4.72 Å². The molecule has 0 saturated carbocycles. The van der Waals surface area contributed by atoms with Crippen LogP contribution >= 0.6 is 0 Å². The van der Waals surface area contributed by atoms with Crippen molar-refractivity contribution in [2.75, 3.05) is 7.11 Å². The van der Waals surface area contributed by atoms with Crippen molar-refractivity contribution in [2.24, 2.45) is 0 Å². The third-order valence-corrected chi connectivity index (χ3v) is 4.65. The van der Waals surface area contributed by atoms with Gasteiger partial charge in [0, 0.05) is 6.54 Å². The number of nitro groups is 1. The highest BCUT2D eigenvalue weighted by Crippen LogP contribution is 2.28. The van der Waals surface area contributed by atoms with Gasteiger partial charge in [0.1, 0.15) is 5.75 Å². The van der Waals surface area contributed by atoms with Crippen LogP contribution in [0.4, 0.5) is 5.69 Å².